The Labute approximate surface area is 145 Å². The van der Waals surface area contributed by atoms with E-state index in [0.717, 1.165) is 18.2 Å². The molecule has 0 aliphatic carbocycles. The number of piperidine rings is 2. The maximum absolute atomic E-state index is 5.38. The van der Waals surface area contributed by atoms with Crippen LogP contribution in [0.1, 0.15) is 50.2 Å². The summed E-state index contributed by atoms with van der Waals surface area (Å²) in [6.07, 6.45) is 6.47. The summed E-state index contributed by atoms with van der Waals surface area (Å²) in [5.41, 5.74) is 2.79. The molecule has 2 N–H and O–H groups in total. The predicted octanol–water partition coefficient (Wildman–Crippen LogP) is 3.36. The molecule has 0 radical (unpaired) electrons. The summed E-state index contributed by atoms with van der Waals surface area (Å²) >= 11 is 5.38. The Balaban J connectivity index is 1.62. The normalized spacial score (nSPS) is 27.5. The monoisotopic (exact) mass is 331 g/mol. The average Bonchev–Trinajstić information content (AvgIpc) is 2.50. The molecule has 3 nitrogen and oxygen atoms in total. The van der Waals surface area contributed by atoms with E-state index in [1.807, 2.05) is 0 Å². The number of rotatable bonds is 4. The summed E-state index contributed by atoms with van der Waals surface area (Å²) in [5, 5.41) is 7.58. The first-order valence-corrected chi connectivity index (χ1v) is 9.42. The number of hydrogen-bond acceptors (Lipinski definition) is 2. The molecular weight excluding hydrogens is 302 g/mol. The van der Waals surface area contributed by atoms with Gasteiger partial charge in [0.25, 0.3) is 0 Å². The Morgan fingerprint density at radius 3 is 2.43 bits per heavy atom. The van der Waals surface area contributed by atoms with Crippen LogP contribution in [0.2, 0.25) is 0 Å². The van der Waals surface area contributed by atoms with Crippen LogP contribution >= 0.6 is 12.2 Å². The fourth-order valence-corrected chi connectivity index (χ4v) is 4.47. The Hall–Kier alpha value is -1.13. The van der Waals surface area contributed by atoms with Crippen molar-refractivity contribution in [2.75, 3.05) is 6.54 Å². The standard InChI is InChI=1S/C19H29N3S/c1-3-20-19(23)21-16-11-17-5-4-6-18(12-16)22(17)13-15-9-7-14(2)8-10-15/h7-10,16-18H,3-6,11-13H2,1-2H3,(H2,20,21,23)/t17-,18-/m1/s1. The molecule has 2 fully saturated rings. The molecule has 2 aliphatic rings. The second-order valence-electron chi connectivity index (χ2n) is 7.07. The second kappa shape index (κ2) is 7.63. The molecule has 2 bridgehead atoms. The van der Waals surface area contributed by atoms with Gasteiger partial charge in [-0.2, -0.15) is 0 Å². The highest BCUT2D eigenvalue weighted by Gasteiger charge is 2.38. The second-order valence-corrected chi connectivity index (χ2v) is 7.48. The lowest BCUT2D eigenvalue weighted by molar-refractivity contribution is 0.0210. The van der Waals surface area contributed by atoms with Crippen LogP contribution in [0.3, 0.4) is 0 Å². The van der Waals surface area contributed by atoms with Crippen molar-refractivity contribution < 1.29 is 0 Å². The fraction of sp³-hybridized carbons (Fsp3) is 0.632. The lowest BCUT2D eigenvalue weighted by atomic mass is 9.81. The van der Waals surface area contributed by atoms with Crippen LogP contribution in [0.4, 0.5) is 0 Å². The Bertz CT molecular complexity index is 514. The van der Waals surface area contributed by atoms with E-state index in [4.69, 9.17) is 12.2 Å². The van der Waals surface area contributed by atoms with E-state index in [-0.39, 0.29) is 0 Å². The van der Waals surface area contributed by atoms with Gasteiger partial charge >= 0.3 is 0 Å². The highest BCUT2D eigenvalue weighted by Crippen LogP contribution is 2.35. The van der Waals surface area contributed by atoms with Gasteiger partial charge in [-0.1, -0.05) is 36.2 Å². The third-order valence-corrected chi connectivity index (χ3v) is 5.55. The zero-order chi connectivity index (χ0) is 16.2. The van der Waals surface area contributed by atoms with Gasteiger partial charge in [-0.05, 0) is 57.3 Å². The van der Waals surface area contributed by atoms with Crippen LogP contribution in [-0.4, -0.2) is 34.7 Å². The van der Waals surface area contributed by atoms with Crippen LogP contribution < -0.4 is 10.6 Å². The molecule has 2 heterocycles. The topological polar surface area (TPSA) is 27.3 Å². The zero-order valence-electron chi connectivity index (χ0n) is 14.3. The molecule has 1 aromatic carbocycles. The Morgan fingerprint density at radius 2 is 1.83 bits per heavy atom. The molecule has 0 unspecified atom stereocenters. The number of benzene rings is 1. The molecule has 1 aromatic rings. The molecule has 0 spiro atoms. The summed E-state index contributed by atoms with van der Waals surface area (Å²) in [4.78, 5) is 2.75. The number of nitrogens with zero attached hydrogens (tertiary/aromatic N) is 1. The van der Waals surface area contributed by atoms with Crippen LogP contribution in [0.15, 0.2) is 24.3 Å². The highest BCUT2D eigenvalue weighted by molar-refractivity contribution is 7.80. The van der Waals surface area contributed by atoms with Gasteiger partial charge in [0.05, 0.1) is 0 Å². The van der Waals surface area contributed by atoms with Crippen molar-refractivity contribution in [1.82, 2.24) is 15.5 Å². The Kier molecular flexibility index (Phi) is 5.54. The van der Waals surface area contributed by atoms with E-state index >= 15 is 0 Å². The van der Waals surface area contributed by atoms with Crippen molar-refractivity contribution >= 4 is 17.3 Å². The minimum Gasteiger partial charge on any atom is -0.363 e. The SMILES string of the molecule is CCNC(=S)NC1C[C@H]2CCC[C@H](C1)N2Cc1ccc(C)cc1. The maximum atomic E-state index is 5.38. The lowest BCUT2D eigenvalue weighted by Crippen LogP contribution is -2.57. The predicted molar refractivity (Wildman–Crippen MR) is 101 cm³/mol. The zero-order valence-corrected chi connectivity index (χ0v) is 15.2. The molecule has 3 rings (SSSR count). The van der Waals surface area contributed by atoms with Crippen molar-refractivity contribution in [3.8, 4) is 0 Å². The highest BCUT2D eigenvalue weighted by atomic mass is 32.1. The molecule has 2 saturated heterocycles. The smallest absolute Gasteiger partial charge is 0.166 e. The summed E-state index contributed by atoms with van der Waals surface area (Å²) in [5.74, 6) is 0. The number of thiocarbonyl (C=S) groups is 1. The van der Waals surface area contributed by atoms with E-state index in [0.29, 0.717) is 18.1 Å². The molecule has 0 aromatic heterocycles. The van der Waals surface area contributed by atoms with E-state index in [9.17, 15) is 0 Å². The molecule has 2 atom stereocenters. The lowest BCUT2D eigenvalue weighted by Gasteiger charge is -2.49. The summed E-state index contributed by atoms with van der Waals surface area (Å²) in [7, 11) is 0. The summed E-state index contributed by atoms with van der Waals surface area (Å²) in [6, 6.07) is 11.0. The third kappa shape index (κ3) is 4.24. The summed E-state index contributed by atoms with van der Waals surface area (Å²) in [6.45, 7) is 6.24. The van der Waals surface area contributed by atoms with Gasteiger partial charge < -0.3 is 10.6 Å². The number of aryl methyl sites for hydroxylation is 1. The maximum Gasteiger partial charge on any atom is 0.166 e. The molecule has 0 amide bonds. The van der Waals surface area contributed by atoms with E-state index in [1.165, 1.54) is 43.2 Å². The number of hydrogen-bond donors (Lipinski definition) is 2. The van der Waals surface area contributed by atoms with Crippen molar-refractivity contribution in [2.24, 2.45) is 0 Å². The third-order valence-electron chi connectivity index (χ3n) is 5.28. The Morgan fingerprint density at radius 1 is 1.17 bits per heavy atom. The molecule has 4 heteroatoms. The molecule has 2 aliphatic heterocycles. The van der Waals surface area contributed by atoms with Gasteiger partial charge in [0.2, 0.25) is 0 Å². The van der Waals surface area contributed by atoms with Gasteiger partial charge in [0.15, 0.2) is 5.11 Å². The first-order chi connectivity index (χ1) is 11.2. The quantitative estimate of drug-likeness (QED) is 0.827. The molecule has 23 heavy (non-hydrogen) atoms. The van der Waals surface area contributed by atoms with E-state index in [2.05, 4.69) is 53.6 Å². The minimum absolute atomic E-state index is 0.533. The number of nitrogens with one attached hydrogen (secondary N) is 2. The van der Waals surface area contributed by atoms with Gasteiger partial charge in [-0.3, -0.25) is 4.90 Å². The first kappa shape index (κ1) is 16.7. The van der Waals surface area contributed by atoms with E-state index in [1.54, 1.807) is 0 Å². The van der Waals surface area contributed by atoms with E-state index < -0.39 is 0 Å². The van der Waals surface area contributed by atoms with Gasteiger partial charge in [-0.25, -0.2) is 0 Å². The molecular formula is C19H29N3S. The van der Waals surface area contributed by atoms with Crippen molar-refractivity contribution in [2.45, 2.75) is 70.6 Å². The number of fused-ring (bicyclic) bond motifs is 2. The van der Waals surface area contributed by atoms with Crippen LogP contribution in [-0.2, 0) is 6.54 Å². The van der Waals surface area contributed by atoms with Gasteiger partial charge in [0.1, 0.15) is 0 Å². The van der Waals surface area contributed by atoms with Crippen LogP contribution in [0.25, 0.3) is 0 Å². The average molecular weight is 332 g/mol. The van der Waals surface area contributed by atoms with Crippen molar-refractivity contribution in [3.05, 3.63) is 35.4 Å². The largest absolute Gasteiger partial charge is 0.363 e. The minimum atomic E-state index is 0.533. The van der Waals surface area contributed by atoms with Gasteiger partial charge in [-0.15, -0.1) is 0 Å². The molecule has 126 valence electrons. The fourth-order valence-electron chi connectivity index (χ4n) is 4.16. The van der Waals surface area contributed by atoms with Crippen molar-refractivity contribution in [3.63, 3.8) is 0 Å². The van der Waals surface area contributed by atoms with Crippen LogP contribution in [0.5, 0.6) is 0 Å². The van der Waals surface area contributed by atoms with Crippen LogP contribution in [0, 0.1) is 6.92 Å². The summed E-state index contributed by atoms with van der Waals surface area (Å²) < 4.78 is 0. The molecule has 0 saturated carbocycles. The van der Waals surface area contributed by atoms with Crippen molar-refractivity contribution in [1.29, 1.82) is 0 Å². The first-order valence-electron chi connectivity index (χ1n) is 9.01. The van der Waals surface area contributed by atoms with Gasteiger partial charge in [0, 0.05) is 31.2 Å².